The van der Waals surface area contributed by atoms with Crippen LogP contribution in [-0.2, 0) is 4.79 Å². The average Bonchev–Trinajstić information content (AvgIpc) is 2.82. The first-order chi connectivity index (χ1) is 16.4. The van der Waals surface area contributed by atoms with Crippen molar-refractivity contribution in [3.8, 4) is 5.75 Å². The Balaban J connectivity index is 1.36. The quantitative estimate of drug-likeness (QED) is 0.268. The van der Waals surface area contributed by atoms with Gasteiger partial charge in [-0.05, 0) is 57.7 Å². The molecule has 182 valence electrons. The smallest absolute Gasteiger partial charge is 0.272 e. The number of anilines is 1. The predicted octanol–water partition coefficient (Wildman–Crippen LogP) is 5.31. The van der Waals surface area contributed by atoms with Gasteiger partial charge in [0.1, 0.15) is 11.6 Å². The zero-order valence-electron chi connectivity index (χ0n) is 20.5. The Morgan fingerprint density at radius 3 is 2.76 bits per heavy atom. The summed E-state index contributed by atoms with van der Waals surface area (Å²) in [5, 5.41) is 11.5. The highest BCUT2D eigenvalue weighted by Crippen LogP contribution is 2.39. The average molecular weight is 463 g/mol. The monoisotopic (exact) mass is 462 g/mol. The third-order valence-electron chi connectivity index (χ3n) is 7.21. The van der Waals surface area contributed by atoms with Crippen LogP contribution in [0.1, 0.15) is 82.4 Å². The molecule has 0 saturated carbocycles. The maximum atomic E-state index is 13.5. The van der Waals surface area contributed by atoms with Crippen molar-refractivity contribution < 1.29 is 9.53 Å². The second-order valence-corrected chi connectivity index (χ2v) is 10.2. The van der Waals surface area contributed by atoms with E-state index in [1.807, 2.05) is 41.3 Å². The number of unbranched alkanes of at least 4 members (excludes halogenated alkanes) is 3. The third kappa shape index (κ3) is 5.61. The van der Waals surface area contributed by atoms with Crippen molar-refractivity contribution in [3.63, 3.8) is 0 Å². The summed E-state index contributed by atoms with van der Waals surface area (Å²) < 4.78 is 6.12. The summed E-state index contributed by atoms with van der Waals surface area (Å²) >= 11 is 0. The first-order valence-corrected chi connectivity index (χ1v) is 12.7. The van der Waals surface area contributed by atoms with Crippen molar-refractivity contribution in [2.45, 2.75) is 82.9 Å². The molecule has 34 heavy (non-hydrogen) atoms. The molecule has 0 bridgehead atoms. The van der Waals surface area contributed by atoms with E-state index in [1.165, 1.54) is 38.5 Å². The number of para-hydroxylation sites is 2. The number of fused-ring (bicyclic) bond motifs is 1. The van der Waals surface area contributed by atoms with E-state index >= 15 is 0 Å². The lowest BCUT2D eigenvalue weighted by Crippen LogP contribution is -2.50. The number of nitrogens with one attached hydrogen (secondary N) is 2. The fourth-order valence-corrected chi connectivity index (χ4v) is 5.40. The molecule has 4 N–H and O–H groups in total. The Kier molecular flexibility index (Phi) is 7.57. The Bertz CT molecular complexity index is 1020. The number of hydrogen-bond acceptors (Lipinski definition) is 4. The summed E-state index contributed by atoms with van der Waals surface area (Å²) in [4.78, 5) is 15.3. The van der Waals surface area contributed by atoms with Gasteiger partial charge in [0.25, 0.3) is 5.91 Å². The number of ether oxygens (including phenoxy) is 1. The molecule has 6 heteroatoms. The number of nitrogens with zero attached hydrogens (tertiary/aromatic N) is 1. The lowest BCUT2D eigenvalue weighted by Gasteiger charge is -2.39. The summed E-state index contributed by atoms with van der Waals surface area (Å²) in [6.07, 6.45) is 8.80. The minimum atomic E-state index is -0.728. The topological polar surface area (TPSA) is 91.4 Å². The van der Waals surface area contributed by atoms with E-state index in [2.05, 4.69) is 19.2 Å². The van der Waals surface area contributed by atoms with Crippen molar-refractivity contribution in [2.75, 3.05) is 11.4 Å². The Hall–Kier alpha value is -2.86. The molecule has 2 aromatic rings. The van der Waals surface area contributed by atoms with Gasteiger partial charge in [-0.2, -0.15) is 0 Å². The van der Waals surface area contributed by atoms with Crippen LogP contribution in [-0.4, -0.2) is 29.9 Å². The molecule has 1 fully saturated rings. The van der Waals surface area contributed by atoms with Crippen molar-refractivity contribution in [2.24, 2.45) is 5.73 Å². The first kappa shape index (κ1) is 24.3. The number of carbonyl (C=O) groups is 1. The highest BCUT2D eigenvalue weighted by molar-refractivity contribution is 6.01. The summed E-state index contributed by atoms with van der Waals surface area (Å²) in [7, 11) is 0. The van der Waals surface area contributed by atoms with Gasteiger partial charge in [0, 0.05) is 29.3 Å². The van der Waals surface area contributed by atoms with E-state index in [1.54, 1.807) is 12.1 Å². The molecule has 2 aliphatic rings. The first-order valence-electron chi connectivity index (χ1n) is 12.7. The van der Waals surface area contributed by atoms with Crippen LogP contribution in [0.3, 0.4) is 0 Å². The van der Waals surface area contributed by atoms with Crippen LogP contribution < -0.4 is 20.7 Å². The van der Waals surface area contributed by atoms with Crippen LogP contribution >= 0.6 is 0 Å². The van der Waals surface area contributed by atoms with Crippen LogP contribution in [0.2, 0.25) is 0 Å². The number of nitrogens with two attached hydrogens (primary N) is 1. The summed E-state index contributed by atoms with van der Waals surface area (Å²) in [5.41, 5.74) is 8.09. The van der Waals surface area contributed by atoms with Crippen LogP contribution in [0.25, 0.3) is 0 Å². The SMILES string of the molecule is C[C@H]1CCC[C@@](C)(CCCCCCN2C(=O)C(c3cccc(C(=N)N)c3)Oc3ccccc32)N1. The zero-order valence-corrected chi connectivity index (χ0v) is 20.5. The number of rotatable bonds is 9. The number of hydrogen-bond donors (Lipinski definition) is 3. The molecule has 0 aromatic heterocycles. The molecule has 6 nitrogen and oxygen atoms in total. The van der Waals surface area contributed by atoms with Gasteiger partial charge in [-0.25, -0.2) is 0 Å². The third-order valence-corrected chi connectivity index (χ3v) is 7.21. The largest absolute Gasteiger partial charge is 0.474 e. The van der Waals surface area contributed by atoms with Crippen molar-refractivity contribution in [3.05, 3.63) is 59.7 Å². The molecule has 4 rings (SSSR count). The second-order valence-electron chi connectivity index (χ2n) is 10.2. The van der Waals surface area contributed by atoms with Crippen molar-refractivity contribution in [1.29, 1.82) is 5.41 Å². The number of piperidine rings is 1. The maximum Gasteiger partial charge on any atom is 0.272 e. The lowest BCUT2D eigenvalue weighted by molar-refractivity contribution is -0.126. The van der Waals surface area contributed by atoms with Gasteiger partial charge in [-0.3, -0.25) is 10.2 Å². The molecule has 1 unspecified atom stereocenters. The second kappa shape index (κ2) is 10.6. The van der Waals surface area contributed by atoms with Gasteiger partial charge >= 0.3 is 0 Å². The minimum absolute atomic E-state index is 0.0193. The number of nitrogen functional groups attached to an aromatic ring is 1. The zero-order chi connectivity index (χ0) is 24.1. The number of benzene rings is 2. The molecule has 2 aromatic carbocycles. The lowest BCUT2D eigenvalue weighted by atomic mass is 9.84. The predicted molar refractivity (Wildman–Crippen MR) is 138 cm³/mol. The molecule has 0 aliphatic carbocycles. The summed E-state index contributed by atoms with van der Waals surface area (Å²) in [6, 6.07) is 15.6. The van der Waals surface area contributed by atoms with Gasteiger partial charge in [0.05, 0.1) is 5.69 Å². The number of carbonyl (C=O) groups excluding carboxylic acids is 1. The molecule has 2 aliphatic heterocycles. The van der Waals surface area contributed by atoms with Crippen LogP contribution in [0, 0.1) is 5.41 Å². The van der Waals surface area contributed by atoms with E-state index in [0.717, 1.165) is 24.1 Å². The molecular weight excluding hydrogens is 424 g/mol. The van der Waals surface area contributed by atoms with E-state index in [-0.39, 0.29) is 17.3 Å². The molecule has 0 radical (unpaired) electrons. The van der Waals surface area contributed by atoms with Gasteiger partial charge < -0.3 is 20.7 Å². The van der Waals surface area contributed by atoms with Gasteiger partial charge in [-0.15, -0.1) is 0 Å². The molecule has 2 heterocycles. The van der Waals surface area contributed by atoms with Crippen LogP contribution in [0.4, 0.5) is 5.69 Å². The summed E-state index contributed by atoms with van der Waals surface area (Å²) in [6.45, 7) is 5.33. The number of amidine groups is 1. The molecular formula is C28H38N4O2. The maximum absolute atomic E-state index is 13.5. The van der Waals surface area contributed by atoms with E-state index < -0.39 is 6.10 Å². The van der Waals surface area contributed by atoms with Crippen molar-refractivity contribution in [1.82, 2.24) is 5.32 Å². The van der Waals surface area contributed by atoms with Gasteiger partial charge in [0.2, 0.25) is 6.10 Å². The molecule has 1 amide bonds. The van der Waals surface area contributed by atoms with Crippen molar-refractivity contribution >= 4 is 17.4 Å². The summed E-state index contributed by atoms with van der Waals surface area (Å²) in [5.74, 6) is 0.632. The Morgan fingerprint density at radius 1 is 1.18 bits per heavy atom. The van der Waals surface area contributed by atoms with E-state index in [4.69, 9.17) is 15.9 Å². The van der Waals surface area contributed by atoms with E-state index in [0.29, 0.717) is 23.9 Å². The molecule has 1 saturated heterocycles. The standard InChI is InChI=1S/C28H38N4O2/c1-20-11-10-17-28(2,31-20)16-7-3-4-8-18-32-23-14-5-6-15-24(23)34-25(27(32)33)21-12-9-13-22(19-21)26(29)30/h5-6,9,12-15,19-20,25,31H,3-4,7-8,10-11,16-18H2,1-2H3,(H3,29,30)/t20-,25?,28+/m0/s1. The molecule has 0 spiro atoms. The van der Waals surface area contributed by atoms with Crippen LogP contribution in [0.15, 0.2) is 48.5 Å². The van der Waals surface area contributed by atoms with Gasteiger partial charge in [0.15, 0.2) is 0 Å². The Morgan fingerprint density at radius 2 is 1.97 bits per heavy atom. The van der Waals surface area contributed by atoms with Crippen LogP contribution in [0.5, 0.6) is 5.75 Å². The highest BCUT2D eigenvalue weighted by atomic mass is 16.5. The minimum Gasteiger partial charge on any atom is -0.474 e. The fraction of sp³-hybridized carbons (Fsp3) is 0.500. The Labute approximate surface area is 203 Å². The highest BCUT2D eigenvalue weighted by Gasteiger charge is 2.35. The molecule has 3 atom stereocenters. The van der Waals surface area contributed by atoms with E-state index in [9.17, 15) is 4.79 Å². The number of amides is 1. The van der Waals surface area contributed by atoms with Gasteiger partial charge in [-0.1, -0.05) is 56.0 Å². The fourth-order valence-electron chi connectivity index (χ4n) is 5.40. The normalized spacial score (nSPS) is 24.4.